The molecule has 1 atom stereocenters. The fourth-order valence-corrected chi connectivity index (χ4v) is 2.92. The van der Waals surface area contributed by atoms with Crippen LogP contribution >= 0.6 is 11.8 Å². The average molecular weight is 264 g/mol. The van der Waals surface area contributed by atoms with Gasteiger partial charge >= 0.3 is 5.97 Å². The van der Waals surface area contributed by atoms with Crippen molar-refractivity contribution in [1.82, 2.24) is 9.97 Å². The van der Waals surface area contributed by atoms with Gasteiger partial charge in [-0.25, -0.2) is 9.97 Å². The highest BCUT2D eigenvalue weighted by Crippen LogP contribution is 2.23. The molecule has 0 saturated carbocycles. The number of hydrogen-bond donors (Lipinski definition) is 1. The Balaban J connectivity index is 2.17. The van der Waals surface area contributed by atoms with Gasteiger partial charge in [0, 0.05) is 24.1 Å². The largest absolute Gasteiger partial charge is 0.481 e. The molecule has 1 aliphatic rings. The van der Waals surface area contributed by atoms with E-state index in [9.17, 15) is 4.79 Å². The van der Waals surface area contributed by atoms with Crippen molar-refractivity contribution in [2.75, 3.05) is 23.0 Å². The summed E-state index contributed by atoms with van der Waals surface area (Å²) in [6, 6.07) is 1.84. The minimum atomic E-state index is -0.811. The van der Waals surface area contributed by atoms with Crippen molar-refractivity contribution in [2.24, 2.45) is 0 Å². The number of carboxylic acid groups (broad SMARTS) is 1. The van der Waals surface area contributed by atoms with Gasteiger partial charge in [-0.1, -0.05) is 0 Å². The van der Waals surface area contributed by atoms with Gasteiger partial charge < -0.3 is 10.0 Å². The van der Waals surface area contributed by atoms with Gasteiger partial charge in [-0.05, 0) is 0 Å². The number of hydrogen-bond acceptors (Lipinski definition) is 6. The van der Waals surface area contributed by atoms with Crippen molar-refractivity contribution in [3.63, 3.8) is 0 Å². The molecule has 2 heterocycles. The van der Waals surface area contributed by atoms with Gasteiger partial charge in [0.1, 0.15) is 11.9 Å². The van der Waals surface area contributed by atoms with Crippen LogP contribution in [0.25, 0.3) is 0 Å². The predicted molar refractivity (Wildman–Crippen MR) is 67.5 cm³/mol. The van der Waals surface area contributed by atoms with Crippen LogP contribution in [0.2, 0.25) is 0 Å². The smallest absolute Gasteiger partial charge is 0.305 e. The van der Waals surface area contributed by atoms with Crippen LogP contribution in [-0.2, 0) is 4.79 Å². The Bertz CT molecular complexity index is 471. The Kier molecular flexibility index (Phi) is 3.99. The molecule has 0 amide bonds. The van der Waals surface area contributed by atoms with Gasteiger partial charge in [0.2, 0.25) is 0 Å². The molecule has 94 valence electrons. The second-order valence-corrected chi connectivity index (χ2v) is 5.04. The third kappa shape index (κ3) is 2.90. The fourth-order valence-electron chi connectivity index (χ4n) is 1.85. The summed E-state index contributed by atoms with van der Waals surface area (Å²) in [4.78, 5) is 20.9. The second kappa shape index (κ2) is 5.69. The van der Waals surface area contributed by atoms with Crippen LogP contribution in [0, 0.1) is 11.3 Å². The van der Waals surface area contributed by atoms with Crippen molar-refractivity contribution in [3.8, 4) is 6.07 Å². The lowest BCUT2D eigenvalue weighted by Crippen LogP contribution is -2.44. The Morgan fingerprint density at radius 1 is 1.61 bits per heavy atom. The molecule has 1 aliphatic heterocycles. The molecule has 1 N–H and O–H groups in total. The van der Waals surface area contributed by atoms with Crippen LogP contribution in [0.1, 0.15) is 12.1 Å². The molecule has 7 heteroatoms. The first-order valence-corrected chi connectivity index (χ1v) is 6.64. The van der Waals surface area contributed by atoms with Crippen LogP contribution in [0.15, 0.2) is 12.4 Å². The van der Waals surface area contributed by atoms with E-state index in [2.05, 4.69) is 9.97 Å². The molecule has 1 saturated heterocycles. The number of nitrogens with zero attached hydrogens (tertiary/aromatic N) is 4. The van der Waals surface area contributed by atoms with Crippen LogP contribution < -0.4 is 4.90 Å². The molecule has 1 fully saturated rings. The number of nitriles is 1. The Labute approximate surface area is 109 Å². The highest BCUT2D eigenvalue weighted by atomic mass is 32.2. The lowest BCUT2D eigenvalue weighted by Gasteiger charge is -2.35. The Hall–Kier alpha value is -1.81. The van der Waals surface area contributed by atoms with E-state index in [1.807, 2.05) is 11.0 Å². The van der Waals surface area contributed by atoms with Crippen molar-refractivity contribution < 1.29 is 9.90 Å². The van der Waals surface area contributed by atoms with Gasteiger partial charge in [0.25, 0.3) is 0 Å². The molecule has 0 aliphatic carbocycles. The second-order valence-electron chi connectivity index (χ2n) is 3.89. The number of rotatable bonds is 3. The first-order chi connectivity index (χ1) is 8.70. The molecule has 6 nitrogen and oxygen atoms in total. The van der Waals surface area contributed by atoms with E-state index in [0.29, 0.717) is 5.82 Å². The summed E-state index contributed by atoms with van der Waals surface area (Å²) in [6.07, 6.45) is 3.03. The first-order valence-electron chi connectivity index (χ1n) is 5.49. The van der Waals surface area contributed by atoms with Crippen molar-refractivity contribution in [2.45, 2.75) is 12.5 Å². The average Bonchev–Trinajstić information content (AvgIpc) is 2.39. The standard InChI is InChI=1S/C11H12N4O2S/c12-4-8-5-14-10(6-13-8)15-1-2-18-7-9(15)3-11(16)17/h5-6,9H,1-3,7H2,(H,16,17). The lowest BCUT2D eigenvalue weighted by molar-refractivity contribution is -0.137. The van der Waals surface area contributed by atoms with Crippen molar-refractivity contribution >= 4 is 23.5 Å². The summed E-state index contributed by atoms with van der Waals surface area (Å²) in [5, 5.41) is 17.6. The maximum Gasteiger partial charge on any atom is 0.305 e. The third-order valence-corrected chi connectivity index (χ3v) is 3.78. The van der Waals surface area contributed by atoms with Gasteiger partial charge in [0.05, 0.1) is 18.8 Å². The predicted octanol–water partition coefficient (Wildman–Crippen LogP) is 0.745. The summed E-state index contributed by atoms with van der Waals surface area (Å²) in [5.41, 5.74) is 0.264. The maximum absolute atomic E-state index is 10.8. The number of anilines is 1. The highest BCUT2D eigenvalue weighted by molar-refractivity contribution is 7.99. The molecule has 0 spiro atoms. The maximum atomic E-state index is 10.8. The van der Waals surface area contributed by atoms with Gasteiger partial charge in [-0.15, -0.1) is 0 Å². The molecule has 0 radical (unpaired) electrons. The summed E-state index contributed by atoms with van der Waals surface area (Å²) in [5.74, 6) is 1.54. The van der Waals surface area contributed by atoms with Crippen LogP contribution in [0.3, 0.4) is 0 Å². The summed E-state index contributed by atoms with van der Waals surface area (Å²) in [7, 11) is 0. The zero-order valence-corrected chi connectivity index (χ0v) is 10.4. The quantitative estimate of drug-likeness (QED) is 0.861. The minimum Gasteiger partial charge on any atom is -0.481 e. The number of carboxylic acids is 1. The van der Waals surface area contributed by atoms with E-state index in [1.165, 1.54) is 12.4 Å². The van der Waals surface area contributed by atoms with Crippen molar-refractivity contribution in [1.29, 1.82) is 5.26 Å². The summed E-state index contributed by atoms with van der Waals surface area (Å²) < 4.78 is 0. The number of thioether (sulfide) groups is 1. The van der Waals surface area contributed by atoms with E-state index in [0.717, 1.165) is 18.1 Å². The SMILES string of the molecule is N#Cc1cnc(N2CCSCC2CC(=O)O)cn1. The van der Waals surface area contributed by atoms with Gasteiger partial charge in [-0.3, -0.25) is 4.79 Å². The summed E-state index contributed by atoms with van der Waals surface area (Å²) in [6.45, 7) is 0.753. The third-order valence-electron chi connectivity index (χ3n) is 2.68. The first kappa shape index (κ1) is 12.6. The Morgan fingerprint density at radius 3 is 3.06 bits per heavy atom. The van der Waals surface area contributed by atoms with E-state index in [4.69, 9.17) is 10.4 Å². The van der Waals surface area contributed by atoms with E-state index in [1.54, 1.807) is 11.8 Å². The Morgan fingerprint density at radius 2 is 2.44 bits per heavy atom. The number of aliphatic carboxylic acids is 1. The van der Waals surface area contributed by atoms with E-state index in [-0.39, 0.29) is 18.2 Å². The van der Waals surface area contributed by atoms with Gasteiger partial charge in [0.15, 0.2) is 5.69 Å². The molecule has 1 aromatic heterocycles. The fraction of sp³-hybridized carbons (Fsp3) is 0.455. The normalized spacial score (nSPS) is 19.3. The molecule has 0 bridgehead atoms. The van der Waals surface area contributed by atoms with Crippen LogP contribution in [0.5, 0.6) is 0 Å². The zero-order chi connectivity index (χ0) is 13.0. The lowest BCUT2D eigenvalue weighted by atomic mass is 10.2. The number of aromatic nitrogens is 2. The molecule has 1 aromatic rings. The van der Waals surface area contributed by atoms with Crippen LogP contribution in [-0.4, -0.2) is 45.1 Å². The molecule has 18 heavy (non-hydrogen) atoms. The highest BCUT2D eigenvalue weighted by Gasteiger charge is 2.26. The topological polar surface area (TPSA) is 90.1 Å². The minimum absolute atomic E-state index is 0.0662. The summed E-state index contributed by atoms with van der Waals surface area (Å²) >= 11 is 1.75. The van der Waals surface area contributed by atoms with Crippen molar-refractivity contribution in [3.05, 3.63) is 18.1 Å². The van der Waals surface area contributed by atoms with Crippen LogP contribution in [0.4, 0.5) is 5.82 Å². The molecular formula is C11H12N4O2S. The molecular weight excluding hydrogens is 252 g/mol. The van der Waals surface area contributed by atoms with Gasteiger partial charge in [-0.2, -0.15) is 17.0 Å². The van der Waals surface area contributed by atoms with E-state index < -0.39 is 5.97 Å². The molecule has 1 unspecified atom stereocenters. The monoisotopic (exact) mass is 264 g/mol. The molecule has 2 rings (SSSR count). The zero-order valence-electron chi connectivity index (χ0n) is 9.61. The van der Waals surface area contributed by atoms with E-state index >= 15 is 0 Å². The molecule has 0 aromatic carbocycles. The number of carbonyl (C=O) groups is 1.